The molecule has 0 saturated carbocycles. The van der Waals surface area contributed by atoms with Gasteiger partial charge in [-0.1, -0.05) is 12.1 Å². The molecule has 0 aliphatic carbocycles. The third kappa shape index (κ3) is 3.20. The molecule has 6 heteroatoms. The number of esters is 1. The molecule has 0 aromatic heterocycles. The maximum atomic E-state index is 12.3. The fourth-order valence-electron chi connectivity index (χ4n) is 1.42. The molecule has 0 amide bonds. The minimum absolute atomic E-state index is 0.0158. The smallest absolute Gasteiger partial charge is 0.416 e. The highest BCUT2D eigenvalue weighted by atomic mass is 19.4. The van der Waals surface area contributed by atoms with E-state index in [1.807, 2.05) is 0 Å². The van der Waals surface area contributed by atoms with Crippen molar-refractivity contribution >= 4 is 5.97 Å². The SMILES string of the molecule is COC(=O)C(CN)c1ccc(C(F)(F)F)cc1. The van der Waals surface area contributed by atoms with E-state index in [-0.39, 0.29) is 6.54 Å². The number of nitrogens with two attached hydrogens (primary N) is 1. The summed E-state index contributed by atoms with van der Waals surface area (Å²) in [7, 11) is 1.20. The molecule has 0 saturated heterocycles. The quantitative estimate of drug-likeness (QED) is 0.830. The Morgan fingerprint density at radius 1 is 1.35 bits per heavy atom. The molecule has 1 aromatic rings. The van der Waals surface area contributed by atoms with Gasteiger partial charge in [0, 0.05) is 6.54 Å². The average Bonchev–Trinajstić information content (AvgIpc) is 2.29. The van der Waals surface area contributed by atoms with Crippen LogP contribution >= 0.6 is 0 Å². The van der Waals surface area contributed by atoms with Crippen LogP contribution in [0.4, 0.5) is 13.2 Å². The minimum atomic E-state index is -4.39. The van der Waals surface area contributed by atoms with Crippen LogP contribution in [0.2, 0.25) is 0 Å². The molecule has 0 radical (unpaired) electrons. The van der Waals surface area contributed by atoms with E-state index in [2.05, 4.69) is 4.74 Å². The number of ether oxygens (including phenoxy) is 1. The zero-order chi connectivity index (χ0) is 13.1. The maximum absolute atomic E-state index is 12.3. The van der Waals surface area contributed by atoms with E-state index >= 15 is 0 Å². The number of carbonyl (C=O) groups is 1. The average molecular weight is 247 g/mol. The van der Waals surface area contributed by atoms with Crippen LogP contribution in [-0.4, -0.2) is 19.6 Å². The number of hydrogen-bond donors (Lipinski definition) is 1. The maximum Gasteiger partial charge on any atom is 0.416 e. The second kappa shape index (κ2) is 5.18. The monoisotopic (exact) mass is 247 g/mol. The van der Waals surface area contributed by atoms with Crippen molar-refractivity contribution in [2.24, 2.45) is 5.73 Å². The molecule has 0 heterocycles. The van der Waals surface area contributed by atoms with E-state index in [1.165, 1.54) is 19.2 Å². The summed E-state index contributed by atoms with van der Waals surface area (Å²) < 4.78 is 41.4. The molecule has 0 aliphatic rings. The highest BCUT2D eigenvalue weighted by molar-refractivity contribution is 5.78. The number of carbonyl (C=O) groups excluding carboxylic acids is 1. The summed E-state index contributed by atoms with van der Waals surface area (Å²) in [5.41, 5.74) is 5.03. The minimum Gasteiger partial charge on any atom is -0.469 e. The van der Waals surface area contributed by atoms with E-state index in [0.717, 1.165) is 12.1 Å². The molecule has 2 N–H and O–H groups in total. The van der Waals surface area contributed by atoms with Gasteiger partial charge in [-0.15, -0.1) is 0 Å². The van der Waals surface area contributed by atoms with Crippen molar-refractivity contribution < 1.29 is 22.7 Å². The van der Waals surface area contributed by atoms with Gasteiger partial charge >= 0.3 is 12.1 Å². The van der Waals surface area contributed by atoms with Crippen molar-refractivity contribution in [1.82, 2.24) is 0 Å². The lowest BCUT2D eigenvalue weighted by atomic mass is 9.98. The number of halogens is 3. The first-order valence-electron chi connectivity index (χ1n) is 4.85. The fraction of sp³-hybridized carbons (Fsp3) is 0.364. The van der Waals surface area contributed by atoms with Gasteiger partial charge in [-0.3, -0.25) is 4.79 Å². The first kappa shape index (κ1) is 13.5. The predicted octanol–water partition coefficient (Wildman–Crippen LogP) is 1.92. The summed E-state index contributed by atoms with van der Waals surface area (Å²) in [6.45, 7) is -0.0158. The first-order valence-corrected chi connectivity index (χ1v) is 4.85. The molecule has 1 rings (SSSR count). The Labute approximate surface area is 96.4 Å². The van der Waals surface area contributed by atoms with Gasteiger partial charge in [-0.25, -0.2) is 0 Å². The third-order valence-electron chi connectivity index (χ3n) is 2.36. The second-order valence-electron chi connectivity index (χ2n) is 3.43. The summed E-state index contributed by atoms with van der Waals surface area (Å²) in [5, 5.41) is 0. The zero-order valence-electron chi connectivity index (χ0n) is 9.12. The van der Waals surface area contributed by atoms with Crippen molar-refractivity contribution in [3.63, 3.8) is 0 Å². The van der Waals surface area contributed by atoms with E-state index in [1.54, 1.807) is 0 Å². The summed E-state index contributed by atoms with van der Waals surface area (Å²) in [4.78, 5) is 11.3. The van der Waals surface area contributed by atoms with Crippen molar-refractivity contribution in [2.75, 3.05) is 13.7 Å². The third-order valence-corrected chi connectivity index (χ3v) is 2.36. The molecule has 17 heavy (non-hydrogen) atoms. The van der Waals surface area contributed by atoms with Crippen LogP contribution in [0.5, 0.6) is 0 Å². The molecule has 0 aliphatic heterocycles. The Morgan fingerprint density at radius 2 is 1.88 bits per heavy atom. The lowest BCUT2D eigenvalue weighted by molar-refractivity contribution is -0.142. The molecule has 0 fully saturated rings. The van der Waals surface area contributed by atoms with Crippen molar-refractivity contribution in [3.05, 3.63) is 35.4 Å². The van der Waals surface area contributed by atoms with Crippen LogP contribution in [0, 0.1) is 0 Å². The van der Waals surface area contributed by atoms with Crippen LogP contribution in [0.3, 0.4) is 0 Å². The zero-order valence-corrected chi connectivity index (χ0v) is 9.12. The number of rotatable bonds is 3. The van der Waals surface area contributed by atoms with Crippen LogP contribution in [0.25, 0.3) is 0 Å². The Hall–Kier alpha value is -1.56. The predicted molar refractivity (Wildman–Crippen MR) is 55.3 cm³/mol. The summed E-state index contributed by atoms with van der Waals surface area (Å²) in [5.74, 6) is -1.30. The lowest BCUT2D eigenvalue weighted by Crippen LogP contribution is -2.22. The molecule has 0 spiro atoms. The molecule has 1 aromatic carbocycles. The number of hydrogen-bond acceptors (Lipinski definition) is 3. The van der Waals surface area contributed by atoms with Crippen LogP contribution in [-0.2, 0) is 15.7 Å². The fourth-order valence-corrected chi connectivity index (χ4v) is 1.42. The lowest BCUT2D eigenvalue weighted by Gasteiger charge is -2.13. The summed E-state index contributed by atoms with van der Waals surface area (Å²) >= 11 is 0. The van der Waals surface area contributed by atoms with E-state index in [9.17, 15) is 18.0 Å². The van der Waals surface area contributed by atoms with Gasteiger partial charge in [-0.2, -0.15) is 13.2 Å². The number of alkyl halides is 3. The highest BCUT2D eigenvalue weighted by Crippen LogP contribution is 2.30. The summed E-state index contributed by atoms with van der Waals surface area (Å²) in [6, 6.07) is 4.30. The molecule has 1 atom stereocenters. The first-order chi connectivity index (χ1) is 7.90. The van der Waals surface area contributed by atoms with E-state index in [4.69, 9.17) is 5.73 Å². The molecule has 94 valence electrons. The second-order valence-corrected chi connectivity index (χ2v) is 3.43. The summed E-state index contributed by atoms with van der Waals surface area (Å²) in [6.07, 6.45) is -4.39. The van der Waals surface area contributed by atoms with Crippen LogP contribution < -0.4 is 5.73 Å². The Bertz CT molecular complexity index is 387. The molecule has 1 unspecified atom stereocenters. The molecule has 0 bridgehead atoms. The largest absolute Gasteiger partial charge is 0.469 e. The topological polar surface area (TPSA) is 52.3 Å². The number of benzene rings is 1. The Morgan fingerprint density at radius 3 is 2.24 bits per heavy atom. The van der Waals surface area contributed by atoms with Gasteiger partial charge in [-0.05, 0) is 17.7 Å². The van der Waals surface area contributed by atoms with Gasteiger partial charge < -0.3 is 10.5 Å². The van der Waals surface area contributed by atoms with Gasteiger partial charge in [0.2, 0.25) is 0 Å². The Kier molecular flexibility index (Phi) is 4.11. The van der Waals surface area contributed by atoms with Gasteiger partial charge in [0.15, 0.2) is 0 Å². The van der Waals surface area contributed by atoms with Crippen LogP contribution in [0.1, 0.15) is 17.0 Å². The van der Waals surface area contributed by atoms with Crippen molar-refractivity contribution in [3.8, 4) is 0 Å². The van der Waals surface area contributed by atoms with E-state index < -0.39 is 23.6 Å². The normalized spacial score (nSPS) is 13.2. The Balaban J connectivity index is 2.97. The van der Waals surface area contributed by atoms with Crippen molar-refractivity contribution in [1.29, 1.82) is 0 Å². The van der Waals surface area contributed by atoms with E-state index in [0.29, 0.717) is 5.56 Å². The molecular weight excluding hydrogens is 235 g/mol. The van der Waals surface area contributed by atoms with Gasteiger partial charge in [0.1, 0.15) is 0 Å². The molecule has 3 nitrogen and oxygen atoms in total. The highest BCUT2D eigenvalue weighted by Gasteiger charge is 2.30. The molecular formula is C11H12F3NO2. The number of methoxy groups -OCH3 is 1. The van der Waals surface area contributed by atoms with Gasteiger partial charge in [0.05, 0.1) is 18.6 Å². The van der Waals surface area contributed by atoms with Crippen LogP contribution in [0.15, 0.2) is 24.3 Å². The van der Waals surface area contributed by atoms with Gasteiger partial charge in [0.25, 0.3) is 0 Å². The standard InChI is InChI=1S/C11H12F3NO2/c1-17-10(16)9(6-15)7-2-4-8(5-3-7)11(12,13)14/h2-5,9H,6,15H2,1H3. The van der Waals surface area contributed by atoms with Crippen molar-refractivity contribution in [2.45, 2.75) is 12.1 Å².